The lowest BCUT2D eigenvalue weighted by Crippen LogP contribution is -2.37. The fraction of sp³-hybridized carbons (Fsp3) is 0.458. The van der Waals surface area contributed by atoms with E-state index in [1.807, 2.05) is 18.9 Å². The second kappa shape index (κ2) is 10.9. The first kappa shape index (κ1) is 24.7. The van der Waals surface area contributed by atoms with Crippen LogP contribution in [0, 0.1) is 5.82 Å². The van der Waals surface area contributed by atoms with E-state index in [1.54, 1.807) is 6.07 Å². The topological polar surface area (TPSA) is 111 Å². The lowest BCUT2D eigenvalue weighted by Gasteiger charge is -2.27. The molecular formula is C24H29FN6O4. The van der Waals surface area contributed by atoms with Gasteiger partial charge in [-0.3, -0.25) is 19.3 Å². The number of pyridine rings is 1. The van der Waals surface area contributed by atoms with Crippen LogP contribution >= 0.6 is 0 Å². The number of carbonyl (C=O) groups excluding carboxylic acids is 2. The Labute approximate surface area is 201 Å². The number of halogens is 1. The molecule has 3 aromatic heterocycles. The van der Waals surface area contributed by atoms with Crippen LogP contribution in [0.2, 0.25) is 0 Å². The monoisotopic (exact) mass is 484 g/mol. The van der Waals surface area contributed by atoms with E-state index in [-0.39, 0.29) is 36.3 Å². The molecule has 1 amide bonds. The van der Waals surface area contributed by atoms with Gasteiger partial charge in [-0.1, -0.05) is 6.92 Å². The number of nitrogens with zero attached hydrogens (tertiary/aromatic N) is 5. The van der Waals surface area contributed by atoms with Gasteiger partial charge in [-0.05, 0) is 44.9 Å². The molecule has 1 fully saturated rings. The number of likely N-dealkylation sites (N-methyl/N-ethyl adjacent to an activating group) is 1. The smallest absolute Gasteiger partial charge is 0.279 e. The average Bonchev–Trinajstić information content (AvgIpc) is 3.29. The summed E-state index contributed by atoms with van der Waals surface area (Å²) in [6.45, 7) is 3.19. The zero-order valence-corrected chi connectivity index (χ0v) is 19.9. The van der Waals surface area contributed by atoms with Crippen molar-refractivity contribution < 1.29 is 18.7 Å². The molecule has 1 atom stereocenters. The highest BCUT2D eigenvalue weighted by Crippen LogP contribution is 2.17. The molecular weight excluding hydrogens is 455 g/mol. The summed E-state index contributed by atoms with van der Waals surface area (Å²) in [5, 5.41) is 6.99. The largest absolute Gasteiger partial charge is 0.377 e. The number of anilines is 1. The minimum absolute atomic E-state index is 0.0739. The Bertz CT molecular complexity index is 1260. The summed E-state index contributed by atoms with van der Waals surface area (Å²) in [4.78, 5) is 44.2. The van der Waals surface area contributed by atoms with Crippen molar-refractivity contribution in [3.8, 4) is 0 Å². The molecule has 0 bridgehead atoms. The molecule has 4 rings (SSSR count). The molecule has 11 heteroatoms. The number of aldehydes is 1. The highest BCUT2D eigenvalue weighted by atomic mass is 19.1. The fourth-order valence-corrected chi connectivity index (χ4v) is 4.32. The summed E-state index contributed by atoms with van der Waals surface area (Å²) >= 11 is 0. The summed E-state index contributed by atoms with van der Waals surface area (Å²) in [5.41, 5.74) is 0.982. The zero-order valence-electron chi connectivity index (χ0n) is 19.9. The number of ether oxygens (including phenoxy) is 1. The third-order valence-corrected chi connectivity index (χ3v) is 6.06. The first-order valence-electron chi connectivity index (χ1n) is 11.7. The van der Waals surface area contributed by atoms with Crippen LogP contribution in [0.15, 0.2) is 29.2 Å². The Kier molecular flexibility index (Phi) is 7.67. The van der Waals surface area contributed by atoms with E-state index < -0.39 is 17.3 Å². The van der Waals surface area contributed by atoms with Crippen LogP contribution in [0.25, 0.3) is 5.65 Å². The highest BCUT2D eigenvalue weighted by molar-refractivity contribution is 5.90. The Morgan fingerprint density at radius 3 is 2.86 bits per heavy atom. The Morgan fingerprint density at radius 2 is 2.20 bits per heavy atom. The molecule has 0 aliphatic carbocycles. The number of nitrogens with one attached hydrogen (secondary N) is 1. The second-order valence-corrected chi connectivity index (χ2v) is 8.73. The van der Waals surface area contributed by atoms with Gasteiger partial charge >= 0.3 is 0 Å². The molecule has 3 aromatic rings. The fourth-order valence-electron chi connectivity index (χ4n) is 4.32. The van der Waals surface area contributed by atoms with Gasteiger partial charge in [0.15, 0.2) is 6.29 Å². The van der Waals surface area contributed by atoms with E-state index >= 15 is 0 Å². The van der Waals surface area contributed by atoms with Gasteiger partial charge < -0.3 is 14.6 Å². The number of aryl methyl sites for hydroxylation is 1. The van der Waals surface area contributed by atoms with Crippen molar-refractivity contribution >= 4 is 23.7 Å². The molecule has 1 saturated heterocycles. The van der Waals surface area contributed by atoms with Crippen LogP contribution in [0.1, 0.15) is 47.9 Å². The number of hydrogen-bond donors (Lipinski definition) is 1. The molecule has 1 aliphatic rings. The van der Waals surface area contributed by atoms with Crippen molar-refractivity contribution in [2.45, 2.75) is 51.8 Å². The molecule has 0 spiro atoms. The minimum Gasteiger partial charge on any atom is -0.377 e. The predicted octanol–water partition coefficient (Wildman–Crippen LogP) is 2.04. The van der Waals surface area contributed by atoms with Crippen molar-refractivity contribution in [1.29, 1.82) is 0 Å². The van der Waals surface area contributed by atoms with E-state index in [4.69, 9.17) is 4.74 Å². The minimum atomic E-state index is -0.521. The summed E-state index contributed by atoms with van der Waals surface area (Å²) < 4.78 is 21.7. The summed E-state index contributed by atoms with van der Waals surface area (Å²) in [6, 6.07) is 4.23. The van der Waals surface area contributed by atoms with Gasteiger partial charge in [-0.2, -0.15) is 9.61 Å². The normalized spacial score (nSPS) is 16.1. The molecule has 1 N–H and O–H groups in total. The Hall–Kier alpha value is -3.44. The first-order valence-corrected chi connectivity index (χ1v) is 11.7. The summed E-state index contributed by atoms with van der Waals surface area (Å²) in [6.07, 6.45) is 5.35. The van der Waals surface area contributed by atoms with Crippen molar-refractivity contribution in [2.24, 2.45) is 0 Å². The van der Waals surface area contributed by atoms with E-state index in [0.717, 1.165) is 32.1 Å². The van der Waals surface area contributed by atoms with E-state index in [9.17, 15) is 18.8 Å². The van der Waals surface area contributed by atoms with E-state index in [0.29, 0.717) is 30.6 Å². The molecule has 0 saturated carbocycles. The number of rotatable bonds is 9. The number of amides is 1. The molecule has 186 valence electrons. The van der Waals surface area contributed by atoms with Gasteiger partial charge in [0, 0.05) is 25.8 Å². The van der Waals surface area contributed by atoms with Crippen LogP contribution in [0.3, 0.4) is 0 Å². The van der Waals surface area contributed by atoms with E-state index in [1.165, 1.54) is 21.2 Å². The van der Waals surface area contributed by atoms with Gasteiger partial charge in [0.1, 0.15) is 23.8 Å². The number of carbonyl (C=O) groups is 2. The van der Waals surface area contributed by atoms with Crippen LogP contribution < -0.4 is 10.9 Å². The Balaban J connectivity index is 1.67. The number of fused-ring (bicyclic) bond motifs is 1. The van der Waals surface area contributed by atoms with E-state index in [2.05, 4.69) is 15.4 Å². The maximum Gasteiger partial charge on any atom is 0.279 e. The summed E-state index contributed by atoms with van der Waals surface area (Å²) in [5.74, 6) is -0.824. The maximum atomic E-state index is 13.4. The van der Waals surface area contributed by atoms with Gasteiger partial charge in [0.05, 0.1) is 29.3 Å². The van der Waals surface area contributed by atoms with Crippen LogP contribution in [0.4, 0.5) is 10.2 Å². The SMILES string of the molecule is CCc1cc2n(CC(=O)Nc3ccc(F)cn3)c(C=O)c(CN(C)CC3CCCCO3)c(=O)n2n1. The van der Waals surface area contributed by atoms with Crippen LogP contribution in [-0.2, 0) is 29.0 Å². The number of hydrogen-bond acceptors (Lipinski definition) is 7. The maximum absolute atomic E-state index is 13.4. The zero-order chi connectivity index (χ0) is 24.9. The molecule has 35 heavy (non-hydrogen) atoms. The second-order valence-electron chi connectivity index (χ2n) is 8.73. The van der Waals surface area contributed by atoms with Crippen molar-refractivity contribution in [2.75, 3.05) is 25.5 Å². The molecule has 0 aromatic carbocycles. The molecule has 4 heterocycles. The first-order chi connectivity index (χ1) is 16.9. The average molecular weight is 485 g/mol. The summed E-state index contributed by atoms with van der Waals surface area (Å²) in [7, 11) is 1.87. The van der Waals surface area contributed by atoms with Crippen molar-refractivity contribution in [3.05, 3.63) is 57.5 Å². The number of aromatic nitrogens is 4. The highest BCUT2D eigenvalue weighted by Gasteiger charge is 2.23. The molecule has 1 aliphatic heterocycles. The molecule has 10 nitrogen and oxygen atoms in total. The quantitative estimate of drug-likeness (QED) is 0.463. The van der Waals surface area contributed by atoms with Gasteiger partial charge in [-0.15, -0.1) is 0 Å². The van der Waals surface area contributed by atoms with Crippen molar-refractivity contribution in [3.63, 3.8) is 0 Å². The molecule has 1 unspecified atom stereocenters. The van der Waals surface area contributed by atoms with Gasteiger partial charge in [0.2, 0.25) is 5.91 Å². The van der Waals surface area contributed by atoms with Crippen LogP contribution in [-0.4, -0.2) is 62.6 Å². The third kappa shape index (κ3) is 5.63. The standard InChI is InChI=1S/C24H29FN6O4/c1-3-17-10-23-30(14-22(33)27-21-8-7-16(25)11-26-21)20(15-32)19(24(34)31(23)28-17)13-29(2)12-18-6-4-5-9-35-18/h7-8,10-11,15,18H,3-6,9,12-14H2,1-2H3,(H,26,27,33). The van der Waals surface area contributed by atoms with Gasteiger partial charge in [0.25, 0.3) is 5.56 Å². The lowest BCUT2D eigenvalue weighted by molar-refractivity contribution is -0.116. The van der Waals surface area contributed by atoms with Crippen molar-refractivity contribution in [1.82, 2.24) is 24.1 Å². The predicted molar refractivity (Wildman–Crippen MR) is 127 cm³/mol. The van der Waals surface area contributed by atoms with Crippen LogP contribution in [0.5, 0.6) is 0 Å². The van der Waals surface area contributed by atoms with Gasteiger partial charge in [-0.25, -0.2) is 9.37 Å². The Morgan fingerprint density at radius 1 is 1.37 bits per heavy atom. The third-order valence-electron chi connectivity index (χ3n) is 6.06. The lowest BCUT2D eigenvalue weighted by atomic mass is 10.1. The molecule has 0 radical (unpaired) electrons.